The first-order chi connectivity index (χ1) is 6.07. The van der Waals surface area contributed by atoms with Gasteiger partial charge in [-0.05, 0) is 12.3 Å². The highest BCUT2D eigenvalue weighted by molar-refractivity contribution is 5.76. The number of hydrogen-bond donors (Lipinski definition) is 1. The zero-order chi connectivity index (χ0) is 9.90. The van der Waals surface area contributed by atoms with E-state index in [1.807, 2.05) is 0 Å². The van der Waals surface area contributed by atoms with Gasteiger partial charge >= 0.3 is 11.8 Å². The van der Waals surface area contributed by atoms with E-state index < -0.39 is 11.8 Å². The smallest absolute Gasteiger partial charge is 0.370 e. The maximum Gasteiger partial charge on any atom is 0.370 e. The lowest BCUT2D eigenvalue weighted by atomic mass is 10.0. The molecule has 4 heteroatoms. The fourth-order valence-corrected chi connectivity index (χ4v) is 1.22. The minimum Gasteiger partial charge on any atom is -0.477 e. The van der Waals surface area contributed by atoms with Gasteiger partial charge < -0.3 is 5.11 Å². The molecule has 1 aliphatic heterocycles. The summed E-state index contributed by atoms with van der Waals surface area (Å²) >= 11 is 0. The van der Waals surface area contributed by atoms with Gasteiger partial charge in [0.1, 0.15) is 0 Å². The lowest BCUT2D eigenvalue weighted by Gasteiger charge is -2.04. The summed E-state index contributed by atoms with van der Waals surface area (Å²) in [6.07, 6.45) is 3.44. The Labute approximate surface area is 77.8 Å². The summed E-state index contributed by atoms with van der Waals surface area (Å²) in [5.74, 6) is -1.64. The number of carboxylic acid groups (broad SMARTS) is 1. The topological polar surface area (TPSA) is 62.4 Å². The lowest BCUT2D eigenvalue weighted by molar-refractivity contribution is -0.144. The Hall–Kier alpha value is -0.610. The molecule has 1 aliphatic rings. The number of carboxylic acids is 1. The molecule has 1 heterocycles. The molecule has 0 amide bonds. The standard InChI is InChI=1S/C9H16O4/c1-7(2)5-3-4-6-9(8(10)11)12-13-9/h7H,3-6H2,1-2H3,(H,10,11). The summed E-state index contributed by atoms with van der Waals surface area (Å²) in [6.45, 7) is 4.30. The van der Waals surface area contributed by atoms with Crippen molar-refractivity contribution in [1.82, 2.24) is 0 Å². The predicted molar refractivity (Wildman–Crippen MR) is 45.8 cm³/mol. The maximum atomic E-state index is 10.6. The second-order valence-electron chi connectivity index (χ2n) is 3.86. The molecule has 0 aromatic carbocycles. The van der Waals surface area contributed by atoms with Crippen molar-refractivity contribution in [3.63, 3.8) is 0 Å². The van der Waals surface area contributed by atoms with Crippen molar-refractivity contribution in [3.05, 3.63) is 0 Å². The molecule has 0 bridgehead atoms. The third-order valence-electron chi connectivity index (χ3n) is 2.15. The average Bonchev–Trinajstić information content (AvgIpc) is 2.78. The highest BCUT2D eigenvalue weighted by atomic mass is 17.4. The minimum atomic E-state index is -1.29. The second-order valence-corrected chi connectivity index (χ2v) is 3.86. The first-order valence-corrected chi connectivity index (χ1v) is 4.67. The van der Waals surface area contributed by atoms with Crippen LogP contribution in [0.3, 0.4) is 0 Å². The molecule has 1 N–H and O–H groups in total. The summed E-state index contributed by atoms with van der Waals surface area (Å²) in [7, 11) is 0. The molecule has 76 valence electrons. The van der Waals surface area contributed by atoms with Crippen molar-refractivity contribution in [1.29, 1.82) is 0 Å². The summed E-state index contributed by atoms with van der Waals surface area (Å²) in [6, 6.07) is 0. The fourth-order valence-electron chi connectivity index (χ4n) is 1.22. The molecule has 13 heavy (non-hydrogen) atoms. The molecule has 0 aliphatic carbocycles. The highest BCUT2D eigenvalue weighted by Crippen LogP contribution is 2.35. The summed E-state index contributed by atoms with van der Waals surface area (Å²) in [5.41, 5.74) is 0. The minimum absolute atomic E-state index is 0.453. The third kappa shape index (κ3) is 2.97. The molecular formula is C9H16O4. The Morgan fingerprint density at radius 3 is 2.38 bits per heavy atom. The SMILES string of the molecule is CC(C)CCCCC1(C(=O)O)OO1. The van der Waals surface area contributed by atoms with Crippen molar-refractivity contribution >= 4 is 5.97 Å². The number of rotatable bonds is 6. The van der Waals surface area contributed by atoms with Crippen LogP contribution in [0.4, 0.5) is 0 Å². The lowest BCUT2D eigenvalue weighted by Crippen LogP contribution is -2.23. The highest BCUT2D eigenvalue weighted by Gasteiger charge is 2.56. The van der Waals surface area contributed by atoms with Crippen LogP contribution in [0.5, 0.6) is 0 Å². The van der Waals surface area contributed by atoms with Gasteiger partial charge in [-0.3, -0.25) is 0 Å². The third-order valence-corrected chi connectivity index (χ3v) is 2.15. The van der Waals surface area contributed by atoms with E-state index in [1.54, 1.807) is 0 Å². The molecule has 0 atom stereocenters. The van der Waals surface area contributed by atoms with E-state index in [0.29, 0.717) is 12.3 Å². The van der Waals surface area contributed by atoms with Gasteiger partial charge in [0.05, 0.1) is 0 Å². The summed E-state index contributed by atoms with van der Waals surface area (Å²) in [4.78, 5) is 19.5. The molecule has 1 saturated heterocycles. The van der Waals surface area contributed by atoms with E-state index in [9.17, 15) is 4.79 Å². The van der Waals surface area contributed by atoms with E-state index >= 15 is 0 Å². The first kappa shape index (κ1) is 10.5. The molecule has 0 aromatic heterocycles. The Bertz CT molecular complexity index is 184. The van der Waals surface area contributed by atoms with Crippen molar-refractivity contribution in [3.8, 4) is 0 Å². The monoisotopic (exact) mass is 188 g/mol. The molecule has 0 spiro atoms. The zero-order valence-corrected chi connectivity index (χ0v) is 8.08. The van der Waals surface area contributed by atoms with Crippen LogP contribution in [0.1, 0.15) is 39.5 Å². The van der Waals surface area contributed by atoms with Crippen molar-refractivity contribution < 1.29 is 19.7 Å². The van der Waals surface area contributed by atoms with Crippen LogP contribution in [0.2, 0.25) is 0 Å². The molecular weight excluding hydrogens is 172 g/mol. The number of carbonyl (C=O) groups is 1. The van der Waals surface area contributed by atoms with Gasteiger partial charge in [0.2, 0.25) is 0 Å². The van der Waals surface area contributed by atoms with E-state index in [4.69, 9.17) is 5.11 Å². The molecule has 1 fully saturated rings. The quantitative estimate of drug-likeness (QED) is 0.393. The fraction of sp³-hybridized carbons (Fsp3) is 0.889. The number of hydrogen-bond acceptors (Lipinski definition) is 3. The van der Waals surface area contributed by atoms with Crippen LogP contribution < -0.4 is 0 Å². The van der Waals surface area contributed by atoms with Crippen LogP contribution in [-0.2, 0) is 14.6 Å². The van der Waals surface area contributed by atoms with Crippen molar-refractivity contribution in [2.75, 3.05) is 0 Å². The molecule has 0 radical (unpaired) electrons. The van der Waals surface area contributed by atoms with Gasteiger partial charge in [-0.1, -0.05) is 26.7 Å². The van der Waals surface area contributed by atoms with E-state index in [2.05, 4.69) is 23.6 Å². The predicted octanol–water partition coefficient (Wildman–Crippen LogP) is 1.95. The molecule has 0 saturated carbocycles. The van der Waals surface area contributed by atoms with Crippen LogP contribution in [0.25, 0.3) is 0 Å². The average molecular weight is 188 g/mol. The second kappa shape index (κ2) is 4.07. The zero-order valence-electron chi connectivity index (χ0n) is 8.08. The van der Waals surface area contributed by atoms with Gasteiger partial charge in [-0.25, -0.2) is 4.79 Å². The molecule has 0 unspecified atom stereocenters. The van der Waals surface area contributed by atoms with Gasteiger partial charge in [0.15, 0.2) is 0 Å². The molecule has 1 rings (SSSR count). The van der Waals surface area contributed by atoms with Gasteiger partial charge in [-0.15, -0.1) is 0 Å². The van der Waals surface area contributed by atoms with E-state index in [-0.39, 0.29) is 0 Å². The van der Waals surface area contributed by atoms with Gasteiger partial charge in [-0.2, -0.15) is 9.78 Å². The Morgan fingerprint density at radius 2 is 2.00 bits per heavy atom. The molecule has 4 nitrogen and oxygen atoms in total. The molecule has 0 aromatic rings. The Kier molecular flexibility index (Phi) is 3.27. The Morgan fingerprint density at radius 1 is 1.38 bits per heavy atom. The normalized spacial score (nSPS) is 19.0. The van der Waals surface area contributed by atoms with Gasteiger partial charge in [0.25, 0.3) is 0 Å². The van der Waals surface area contributed by atoms with E-state index in [1.165, 1.54) is 0 Å². The van der Waals surface area contributed by atoms with Crippen LogP contribution in [0, 0.1) is 5.92 Å². The summed E-state index contributed by atoms with van der Waals surface area (Å²) < 4.78 is 0. The Balaban J connectivity index is 2.09. The van der Waals surface area contributed by atoms with Crippen LogP contribution >= 0.6 is 0 Å². The number of aliphatic carboxylic acids is 1. The number of unbranched alkanes of at least 4 members (excludes halogenated alkanes) is 1. The van der Waals surface area contributed by atoms with Crippen LogP contribution in [-0.4, -0.2) is 16.9 Å². The van der Waals surface area contributed by atoms with Crippen molar-refractivity contribution in [2.24, 2.45) is 5.92 Å². The van der Waals surface area contributed by atoms with Crippen molar-refractivity contribution in [2.45, 2.75) is 45.3 Å². The van der Waals surface area contributed by atoms with Crippen LogP contribution in [0.15, 0.2) is 0 Å². The maximum absolute atomic E-state index is 10.6. The largest absolute Gasteiger partial charge is 0.477 e. The summed E-state index contributed by atoms with van der Waals surface area (Å²) in [5, 5.41) is 8.66. The van der Waals surface area contributed by atoms with Gasteiger partial charge in [0, 0.05) is 6.42 Å². The van der Waals surface area contributed by atoms with E-state index in [0.717, 1.165) is 19.3 Å². The first-order valence-electron chi connectivity index (χ1n) is 4.67.